The molecule has 0 aliphatic carbocycles. The van der Waals surface area contributed by atoms with E-state index in [4.69, 9.17) is 14.2 Å². The molecule has 0 saturated carbocycles. The molecule has 3 rings (SSSR count). The van der Waals surface area contributed by atoms with Gasteiger partial charge in [0, 0.05) is 0 Å². The zero-order valence-corrected chi connectivity index (χ0v) is 17.0. The van der Waals surface area contributed by atoms with Gasteiger partial charge < -0.3 is 14.2 Å². The smallest absolute Gasteiger partial charge is 0.309 e. The highest BCUT2D eigenvalue weighted by Gasteiger charge is 2.37. The summed E-state index contributed by atoms with van der Waals surface area (Å²) in [5.41, 5.74) is 2.40. The Morgan fingerprint density at radius 2 is 1.79 bits per heavy atom. The van der Waals surface area contributed by atoms with E-state index in [2.05, 4.69) is 31.2 Å². The molecule has 0 unspecified atom stereocenters. The third kappa shape index (κ3) is 5.59. The molecule has 1 aliphatic rings. The van der Waals surface area contributed by atoms with Crippen molar-refractivity contribution < 1.29 is 19.0 Å². The number of carbonyl (C=O) groups excluding carboxylic acids is 1. The van der Waals surface area contributed by atoms with Crippen LogP contribution in [0, 0.1) is 11.8 Å². The second kappa shape index (κ2) is 9.74. The summed E-state index contributed by atoms with van der Waals surface area (Å²) in [7, 11) is 1.68. The fourth-order valence-corrected chi connectivity index (χ4v) is 3.73. The van der Waals surface area contributed by atoms with Crippen molar-refractivity contribution in [3.8, 4) is 5.75 Å². The Hall–Kier alpha value is -2.33. The average molecular weight is 383 g/mol. The van der Waals surface area contributed by atoms with Crippen LogP contribution in [0.4, 0.5) is 0 Å². The van der Waals surface area contributed by atoms with Gasteiger partial charge in [0.25, 0.3) is 0 Å². The minimum absolute atomic E-state index is 0.0512. The van der Waals surface area contributed by atoms with Crippen molar-refractivity contribution in [2.24, 2.45) is 11.8 Å². The fourth-order valence-electron chi connectivity index (χ4n) is 3.73. The largest absolute Gasteiger partial charge is 0.497 e. The molecule has 4 heteroatoms. The van der Waals surface area contributed by atoms with Gasteiger partial charge in [0.15, 0.2) is 0 Å². The van der Waals surface area contributed by atoms with Gasteiger partial charge in [-0.1, -0.05) is 56.3 Å². The van der Waals surface area contributed by atoms with Crippen LogP contribution in [-0.4, -0.2) is 25.3 Å². The van der Waals surface area contributed by atoms with E-state index in [1.54, 1.807) is 7.11 Å². The molecule has 0 N–H and O–H groups in total. The van der Waals surface area contributed by atoms with Crippen molar-refractivity contribution in [3.63, 3.8) is 0 Å². The molecular weight excluding hydrogens is 352 g/mol. The number of esters is 1. The Labute approximate surface area is 167 Å². The van der Waals surface area contributed by atoms with E-state index in [0.717, 1.165) is 30.6 Å². The maximum atomic E-state index is 11.9. The van der Waals surface area contributed by atoms with Gasteiger partial charge in [-0.15, -0.1) is 0 Å². The molecule has 0 aromatic heterocycles. The number of rotatable bonds is 9. The second-order valence-electron chi connectivity index (χ2n) is 7.84. The van der Waals surface area contributed by atoms with Crippen molar-refractivity contribution >= 4 is 5.97 Å². The van der Waals surface area contributed by atoms with Crippen LogP contribution in [0.2, 0.25) is 0 Å². The van der Waals surface area contributed by atoms with Gasteiger partial charge >= 0.3 is 5.97 Å². The Kier molecular flexibility index (Phi) is 7.10. The van der Waals surface area contributed by atoms with Crippen molar-refractivity contribution in [1.29, 1.82) is 0 Å². The summed E-state index contributed by atoms with van der Waals surface area (Å²) in [4.78, 5) is 11.9. The lowest BCUT2D eigenvalue weighted by Crippen LogP contribution is -2.31. The fraction of sp³-hybridized carbons (Fsp3) is 0.458. The van der Waals surface area contributed by atoms with Crippen LogP contribution >= 0.6 is 0 Å². The molecule has 2 aromatic carbocycles. The molecule has 4 atom stereocenters. The normalized spacial score (nSPS) is 21.2. The Morgan fingerprint density at radius 3 is 2.39 bits per heavy atom. The van der Waals surface area contributed by atoms with Gasteiger partial charge in [0.05, 0.1) is 25.7 Å². The van der Waals surface area contributed by atoms with Crippen LogP contribution in [0.1, 0.15) is 37.8 Å². The highest BCUT2D eigenvalue weighted by molar-refractivity contribution is 5.74. The molecule has 1 heterocycles. The predicted octanol–water partition coefficient (Wildman–Crippen LogP) is 4.80. The topological polar surface area (TPSA) is 44.8 Å². The van der Waals surface area contributed by atoms with Crippen LogP contribution in [-0.2, 0) is 27.3 Å². The summed E-state index contributed by atoms with van der Waals surface area (Å²) in [6.45, 7) is 4.68. The van der Waals surface area contributed by atoms with E-state index in [1.165, 1.54) is 5.56 Å². The first-order valence-corrected chi connectivity index (χ1v) is 10.0. The first-order chi connectivity index (χ1) is 13.5. The summed E-state index contributed by atoms with van der Waals surface area (Å²) in [6.07, 6.45) is 2.27. The van der Waals surface area contributed by atoms with Crippen LogP contribution in [0.3, 0.4) is 0 Å². The maximum Gasteiger partial charge on any atom is 0.309 e. The van der Waals surface area contributed by atoms with Gasteiger partial charge in [-0.05, 0) is 48.4 Å². The highest BCUT2D eigenvalue weighted by Crippen LogP contribution is 2.29. The molecule has 0 amide bonds. The number of benzene rings is 2. The van der Waals surface area contributed by atoms with Crippen molar-refractivity contribution in [1.82, 2.24) is 0 Å². The molecule has 4 nitrogen and oxygen atoms in total. The Morgan fingerprint density at radius 1 is 1.07 bits per heavy atom. The molecule has 150 valence electrons. The number of methoxy groups -OCH3 is 1. The zero-order chi connectivity index (χ0) is 19.9. The van der Waals surface area contributed by atoms with E-state index in [1.807, 2.05) is 37.3 Å². The van der Waals surface area contributed by atoms with E-state index in [-0.39, 0.29) is 24.1 Å². The summed E-state index contributed by atoms with van der Waals surface area (Å²) in [5.74, 6) is 1.11. The minimum Gasteiger partial charge on any atom is -0.497 e. The van der Waals surface area contributed by atoms with Crippen LogP contribution in [0.25, 0.3) is 0 Å². The minimum atomic E-state index is -0.162. The summed E-state index contributed by atoms with van der Waals surface area (Å²) in [6, 6.07) is 18.3. The maximum absolute atomic E-state index is 11.9. The molecule has 28 heavy (non-hydrogen) atoms. The lowest BCUT2D eigenvalue weighted by Gasteiger charge is -2.26. The SMILES string of the molecule is COc1ccc(C[C@H](C)C[C@@H](OCc2ccccc2)[C@@H]2C[C@@H](C)C(=O)O2)cc1. The average Bonchev–Trinajstić information content (AvgIpc) is 3.05. The van der Waals surface area contributed by atoms with Crippen LogP contribution in [0.15, 0.2) is 54.6 Å². The first kappa shape index (κ1) is 20.4. The Bertz CT molecular complexity index is 741. The number of cyclic esters (lactones) is 1. The van der Waals surface area contributed by atoms with E-state index in [9.17, 15) is 4.79 Å². The van der Waals surface area contributed by atoms with Crippen molar-refractivity contribution in [2.75, 3.05) is 7.11 Å². The van der Waals surface area contributed by atoms with Crippen LogP contribution in [0.5, 0.6) is 5.75 Å². The number of hydrogen-bond acceptors (Lipinski definition) is 4. The third-order valence-corrected chi connectivity index (χ3v) is 5.36. The van der Waals surface area contributed by atoms with E-state index in [0.29, 0.717) is 12.5 Å². The zero-order valence-electron chi connectivity index (χ0n) is 17.0. The molecule has 1 saturated heterocycles. The summed E-state index contributed by atoms with van der Waals surface area (Å²) in [5, 5.41) is 0. The second-order valence-corrected chi connectivity index (χ2v) is 7.84. The predicted molar refractivity (Wildman–Crippen MR) is 109 cm³/mol. The van der Waals surface area contributed by atoms with Crippen LogP contribution < -0.4 is 4.74 Å². The quantitative estimate of drug-likeness (QED) is 0.584. The first-order valence-electron chi connectivity index (χ1n) is 10.0. The third-order valence-electron chi connectivity index (χ3n) is 5.36. The number of ether oxygens (including phenoxy) is 3. The van der Waals surface area contributed by atoms with E-state index >= 15 is 0 Å². The number of carbonyl (C=O) groups is 1. The molecule has 0 bridgehead atoms. The summed E-state index contributed by atoms with van der Waals surface area (Å²) < 4.78 is 17.1. The Balaban J connectivity index is 1.62. The molecule has 0 spiro atoms. The monoisotopic (exact) mass is 382 g/mol. The van der Waals surface area contributed by atoms with Gasteiger partial charge in [0.1, 0.15) is 11.9 Å². The standard InChI is InChI=1S/C24H30O4/c1-17(13-19-9-11-21(26-3)12-10-19)14-22(23-15-18(2)24(25)28-23)27-16-20-7-5-4-6-8-20/h4-12,17-18,22-23H,13-16H2,1-3H3/t17-,18+,22+,23-/m0/s1. The molecular formula is C24H30O4. The van der Waals surface area contributed by atoms with E-state index < -0.39 is 0 Å². The number of hydrogen-bond donors (Lipinski definition) is 0. The lowest BCUT2D eigenvalue weighted by molar-refractivity contribution is -0.150. The molecule has 2 aromatic rings. The van der Waals surface area contributed by atoms with Gasteiger partial charge in [-0.2, -0.15) is 0 Å². The van der Waals surface area contributed by atoms with Crippen molar-refractivity contribution in [2.45, 2.75) is 51.9 Å². The van der Waals surface area contributed by atoms with Gasteiger partial charge in [0.2, 0.25) is 0 Å². The lowest BCUT2D eigenvalue weighted by atomic mass is 9.91. The summed E-state index contributed by atoms with van der Waals surface area (Å²) >= 11 is 0. The van der Waals surface area contributed by atoms with Crippen molar-refractivity contribution in [3.05, 3.63) is 65.7 Å². The van der Waals surface area contributed by atoms with Gasteiger partial charge in [-0.25, -0.2) is 0 Å². The molecule has 0 radical (unpaired) electrons. The van der Waals surface area contributed by atoms with Gasteiger partial charge in [-0.3, -0.25) is 4.79 Å². The highest BCUT2D eigenvalue weighted by atomic mass is 16.6. The molecule has 1 fully saturated rings. The molecule has 1 aliphatic heterocycles.